The summed E-state index contributed by atoms with van der Waals surface area (Å²) >= 11 is 0. The molecular formula is C25H30F3NO6S. The van der Waals surface area contributed by atoms with E-state index in [1.807, 2.05) is 0 Å². The topological polar surface area (TPSA) is 98.8 Å². The van der Waals surface area contributed by atoms with Gasteiger partial charge >= 0.3 is 12.1 Å². The summed E-state index contributed by atoms with van der Waals surface area (Å²) in [6, 6.07) is 7.94. The molecule has 0 aromatic heterocycles. The highest BCUT2D eigenvalue weighted by Crippen LogP contribution is 2.39. The largest absolute Gasteiger partial charge is 0.493 e. The Morgan fingerprint density at radius 3 is 2.36 bits per heavy atom. The van der Waals surface area contributed by atoms with Gasteiger partial charge in [-0.05, 0) is 74.6 Å². The minimum Gasteiger partial charge on any atom is -0.493 e. The van der Waals surface area contributed by atoms with Gasteiger partial charge in [-0.1, -0.05) is 12.5 Å². The molecule has 1 N–H and O–H groups in total. The molecule has 36 heavy (non-hydrogen) atoms. The zero-order valence-electron chi connectivity index (χ0n) is 20.2. The maximum absolute atomic E-state index is 14.1. The van der Waals surface area contributed by atoms with Crippen LogP contribution in [0.1, 0.15) is 55.7 Å². The van der Waals surface area contributed by atoms with Crippen LogP contribution in [0.4, 0.5) is 18.9 Å². The second kappa shape index (κ2) is 13.3. The molecule has 0 amide bonds. The Labute approximate surface area is 209 Å². The fraction of sp³-hybridized carbons (Fsp3) is 0.440. The van der Waals surface area contributed by atoms with Crippen LogP contribution in [-0.4, -0.2) is 33.9 Å². The lowest BCUT2D eigenvalue weighted by Gasteiger charge is -2.20. The average molecular weight is 530 g/mol. The molecule has 0 aliphatic carbocycles. The number of carbonyl (C=O) groups is 2. The van der Waals surface area contributed by atoms with Gasteiger partial charge in [-0.2, -0.15) is 13.2 Å². The molecule has 0 fully saturated rings. The van der Waals surface area contributed by atoms with E-state index in [1.54, 1.807) is 6.92 Å². The second-order valence-corrected chi connectivity index (χ2v) is 9.68. The molecule has 0 bridgehead atoms. The Hall–Kier alpha value is -3.08. The lowest BCUT2D eigenvalue weighted by Crippen LogP contribution is -2.21. The van der Waals surface area contributed by atoms with Crippen LogP contribution < -0.4 is 9.46 Å². The van der Waals surface area contributed by atoms with Crippen molar-refractivity contribution in [2.45, 2.75) is 63.4 Å². The number of esters is 1. The van der Waals surface area contributed by atoms with Gasteiger partial charge in [-0.3, -0.25) is 9.52 Å². The van der Waals surface area contributed by atoms with Crippen molar-refractivity contribution in [3.8, 4) is 5.75 Å². The Morgan fingerprint density at radius 2 is 1.75 bits per heavy atom. The maximum atomic E-state index is 14.1. The summed E-state index contributed by atoms with van der Waals surface area (Å²) < 4.78 is 80.7. The Morgan fingerprint density at radius 1 is 1.06 bits per heavy atom. The Kier molecular flexibility index (Phi) is 10.8. The van der Waals surface area contributed by atoms with Crippen molar-refractivity contribution in [3.63, 3.8) is 0 Å². The summed E-state index contributed by atoms with van der Waals surface area (Å²) in [7, 11) is -4.57. The van der Waals surface area contributed by atoms with E-state index in [0.717, 1.165) is 6.07 Å². The number of sulfonamides is 1. The first-order valence-corrected chi connectivity index (χ1v) is 13.0. The molecule has 2 aromatic rings. The number of hydrogen-bond donors (Lipinski definition) is 1. The van der Waals surface area contributed by atoms with Crippen molar-refractivity contribution in [3.05, 3.63) is 53.1 Å². The molecule has 0 saturated carbocycles. The number of unbranched alkanes of at least 4 members (excludes halogenated alkanes) is 2. The monoisotopic (exact) mass is 529 g/mol. The van der Waals surface area contributed by atoms with Crippen molar-refractivity contribution < 1.29 is 40.7 Å². The third-order valence-corrected chi connectivity index (χ3v) is 6.73. The van der Waals surface area contributed by atoms with Crippen LogP contribution in [0.2, 0.25) is 0 Å². The van der Waals surface area contributed by atoms with Crippen molar-refractivity contribution >= 4 is 28.0 Å². The van der Waals surface area contributed by atoms with E-state index < -0.39 is 26.7 Å². The van der Waals surface area contributed by atoms with Crippen molar-refractivity contribution in [2.75, 3.05) is 17.9 Å². The fourth-order valence-electron chi connectivity index (χ4n) is 3.62. The number of rotatable bonds is 14. The number of hydrogen-bond acceptors (Lipinski definition) is 6. The first-order valence-electron chi connectivity index (χ1n) is 11.5. The van der Waals surface area contributed by atoms with Gasteiger partial charge in [0.05, 0.1) is 23.7 Å². The smallest absolute Gasteiger partial charge is 0.418 e. The van der Waals surface area contributed by atoms with Gasteiger partial charge in [0.2, 0.25) is 0 Å². The van der Waals surface area contributed by atoms with E-state index in [9.17, 15) is 31.2 Å². The number of aryl methyl sites for hydroxylation is 1. The first kappa shape index (κ1) is 29.2. The average Bonchev–Trinajstić information content (AvgIpc) is 2.80. The summed E-state index contributed by atoms with van der Waals surface area (Å²) in [5.41, 5.74) is -0.870. The maximum Gasteiger partial charge on any atom is 0.418 e. The van der Waals surface area contributed by atoms with E-state index in [2.05, 4.69) is 4.72 Å². The normalized spacial score (nSPS) is 11.7. The summed E-state index contributed by atoms with van der Waals surface area (Å²) in [5, 5.41) is 0. The fourth-order valence-corrected chi connectivity index (χ4v) is 4.93. The van der Waals surface area contributed by atoms with E-state index in [4.69, 9.17) is 9.47 Å². The Bertz CT molecular complexity index is 1130. The van der Waals surface area contributed by atoms with Crippen LogP contribution in [-0.2, 0) is 36.9 Å². The number of alkyl halides is 3. The molecule has 0 saturated heterocycles. The molecule has 7 nitrogen and oxygen atoms in total. The molecule has 0 spiro atoms. The molecule has 0 radical (unpaired) electrons. The molecule has 11 heteroatoms. The zero-order chi connectivity index (χ0) is 26.8. The number of benzene rings is 2. The first-order chi connectivity index (χ1) is 17.0. The van der Waals surface area contributed by atoms with Crippen LogP contribution >= 0.6 is 0 Å². The highest BCUT2D eigenvalue weighted by Gasteiger charge is 2.40. The van der Waals surface area contributed by atoms with Crippen molar-refractivity contribution in [1.29, 1.82) is 0 Å². The third-order valence-electron chi connectivity index (χ3n) is 5.31. The molecule has 0 aliphatic rings. The molecule has 198 valence electrons. The van der Waals surface area contributed by atoms with E-state index in [1.165, 1.54) is 37.3 Å². The summed E-state index contributed by atoms with van der Waals surface area (Å²) in [4.78, 5) is 20.9. The number of anilines is 1. The highest BCUT2D eigenvalue weighted by atomic mass is 32.2. The number of carbonyl (C=O) groups excluding carboxylic acids is 2. The molecular weight excluding hydrogens is 499 g/mol. The summed E-state index contributed by atoms with van der Waals surface area (Å²) in [6.07, 6.45) is -2.51. The second-order valence-electron chi connectivity index (χ2n) is 8.03. The SMILES string of the molecule is CCOC(=O)CCCCCc1c(C)ccc(S(=O)(=O)Nc2ccc(OCCC=O)cc2)c1C(F)(F)F. The number of ether oxygens (including phenoxy) is 2. The van der Waals surface area contributed by atoms with Crippen LogP contribution in [0.3, 0.4) is 0 Å². The molecule has 2 aromatic carbocycles. The highest BCUT2D eigenvalue weighted by molar-refractivity contribution is 7.92. The third kappa shape index (κ3) is 8.54. The Balaban J connectivity index is 2.23. The van der Waals surface area contributed by atoms with E-state index in [0.29, 0.717) is 36.9 Å². The number of aldehydes is 1. The van der Waals surface area contributed by atoms with Crippen LogP contribution in [0.15, 0.2) is 41.3 Å². The van der Waals surface area contributed by atoms with Gasteiger partial charge in [0, 0.05) is 18.5 Å². The zero-order valence-corrected chi connectivity index (χ0v) is 21.0. The lowest BCUT2D eigenvalue weighted by molar-refractivity contribution is -0.143. The van der Waals surface area contributed by atoms with E-state index in [-0.39, 0.29) is 49.7 Å². The standard InChI is InChI=1S/C25H30F3NO6S/c1-3-34-23(31)9-6-4-5-8-21-18(2)10-15-22(24(21)25(26,27)28)36(32,33)29-19-11-13-20(14-12-19)35-17-7-16-30/h10-16,29H,3-9,17H2,1-2H3. The van der Waals surface area contributed by atoms with Crippen LogP contribution in [0, 0.1) is 6.92 Å². The van der Waals surface area contributed by atoms with Gasteiger partial charge in [-0.15, -0.1) is 0 Å². The van der Waals surface area contributed by atoms with Gasteiger partial charge < -0.3 is 14.3 Å². The lowest BCUT2D eigenvalue weighted by atomic mass is 9.96. The number of halogens is 3. The van der Waals surface area contributed by atoms with Gasteiger partial charge in [-0.25, -0.2) is 8.42 Å². The molecule has 2 rings (SSSR count). The molecule has 0 aliphatic heterocycles. The van der Waals surface area contributed by atoms with Gasteiger partial charge in [0.1, 0.15) is 12.0 Å². The van der Waals surface area contributed by atoms with Gasteiger partial charge in [0.25, 0.3) is 10.0 Å². The molecule has 0 unspecified atom stereocenters. The number of nitrogens with one attached hydrogen (secondary N) is 1. The molecule has 0 atom stereocenters. The minimum atomic E-state index is -4.90. The predicted molar refractivity (Wildman–Crippen MR) is 128 cm³/mol. The van der Waals surface area contributed by atoms with Crippen LogP contribution in [0.25, 0.3) is 0 Å². The quantitative estimate of drug-likeness (QED) is 0.199. The van der Waals surface area contributed by atoms with E-state index >= 15 is 0 Å². The minimum absolute atomic E-state index is 0.0136. The predicted octanol–water partition coefficient (Wildman–Crippen LogP) is 5.45. The summed E-state index contributed by atoms with van der Waals surface area (Å²) in [5.74, 6) is 0.0285. The summed E-state index contributed by atoms with van der Waals surface area (Å²) in [6.45, 7) is 3.62. The van der Waals surface area contributed by atoms with Crippen molar-refractivity contribution in [2.24, 2.45) is 0 Å². The van der Waals surface area contributed by atoms with Crippen molar-refractivity contribution in [1.82, 2.24) is 0 Å². The van der Waals surface area contributed by atoms with Crippen LogP contribution in [0.5, 0.6) is 5.75 Å². The molecule has 0 heterocycles. The van der Waals surface area contributed by atoms with Gasteiger partial charge in [0.15, 0.2) is 0 Å².